The first kappa shape index (κ1) is 22.3. The number of amides is 1. The van der Waals surface area contributed by atoms with E-state index < -0.39 is 0 Å². The summed E-state index contributed by atoms with van der Waals surface area (Å²) in [5.74, 6) is 2.67. The maximum Gasteiger partial charge on any atom is 0.227 e. The molecule has 1 aromatic heterocycles. The van der Waals surface area contributed by atoms with Crippen LogP contribution in [-0.2, 0) is 11.3 Å². The maximum absolute atomic E-state index is 12.9. The van der Waals surface area contributed by atoms with E-state index in [1.807, 2.05) is 71.6 Å². The molecule has 1 aliphatic rings. The number of carbonyl (C=O) groups is 1. The Kier molecular flexibility index (Phi) is 6.41. The zero-order chi connectivity index (χ0) is 23.5. The van der Waals surface area contributed by atoms with Crippen molar-refractivity contribution in [3.63, 3.8) is 0 Å². The molecule has 1 atom stereocenters. The maximum atomic E-state index is 12.9. The molecule has 1 fully saturated rings. The molecule has 1 aliphatic heterocycles. The number of anilines is 1. The van der Waals surface area contributed by atoms with E-state index in [1.165, 1.54) is 0 Å². The zero-order valence-electron chi connectivity index (χ0n) is 19.0. The summed E-state index contributed by atoms with van der Waals surface area (Å²) in [7, 11) is 1.64. The quantitative estimate of drug-likeness (QED) is 0.307. The fourth-order valence-corrected chi connectivity index (χ4v) is 4.60. The summed E-state index contributed by atoms with van der Waals surface area (Å²) < 4.78 is 13.4. The van der Waals surface area contributed by atoms with Crippen LogP contribution in [-0.4, -0.2) is 35.7 Å². The first-order valence-corrected chi connectivity index (χ1v) is 11.8. The molecule has 4 aromatic rings. The fourth-order valence-electron chi connectivity index (χ4n) is 4.48. The highest BCUT2D eigenvalue weighted by Gasteiger charge is 2.34. The number of para-hydroxylation sites is 2. The van der Waals surface area contributed by atoms with Crippen molar-refractivity contribution < 1.29 is 14.3 Å². The number of hydrogen-bond acceptors (Lipinski definition) is 4. The van der Waals surface area contributed by atoms with Gasteiger partial charge in [-0.3, -0.25) is 4.79 Å². The summed E-state index contributed by atoms with van der Waals surface area (Å²) in [6.07, 6.45) is 1.26. The molecule has 0 radical (unpaired) electrons. The third-order valence-corrected chi connectivity index (χ3v) is 6.42. The van der Waals surface area contributed by atoms with Crippen molar-refractivity contribution in [2.75, 3.05) is 25.2 Å². The van der Waals surface area contributed by atoms with Gasteiger partial charge in [-0.15, -0.1) is 0 Å². The number of halogens is 1. The minimum absolute atomic E-state index is 0.0270. The molecule has 1 amide bonds. The van der Waals surface area contributed by atoms with Crippen molar-refractivity contribution in [2.24, 2.45) is 0 Å². The average molecular weight is 476 g/mol. The lowest BCUT2D eigenvalue weighted by atomic mass is 10.1. The number of methoxy groups -OCH3 is 1. The molecule has 5 rings (SSSR count). The van der Waals surface area contributed by atoms with Crippen molar-refractivity contribution >= 4 is 34.2 Å². The summed E-state index contributed by atoms with van der Waals surface area (Å²) in [5, 5.41) is 0.691. The van der Waals surface area contributed by atoms with E-state index in [1.54, 1.807) is 7.11 Å². The van der Waals surface area contributed by atoms with Crippen LogP contribution in [0, 0.1) is 0 Å². The Morgan fingerprint density at radius 1 is 1.00 bits per heavy atom. The molecule has 0 N–H and O–H groups in total. The summed E-state index contributed by atoms with van der Waals surface area (Å²) in [6.45, 7) is 1.95. The Morgan fingerprint density at radius 3 is 2.50 bits per heavy atom. The summed E-state index contributed by atoms with van der Waals surface area (Å²) >= 11 is 5.95. The van der Waals surface area contributed by atoms with Gasteiger partial charge < -0.3 is 18.9 Å². The highest BCUT2D eigenvalue weighted by Crippen LogP contribution is 2.34. The lowest BCUT2D eigenvalue weighted by molar-refractivity contribution is -0.117. The Balaban J connectivity index is 1.33. The van der Waals surface area contributed by atoms with E-state index in [9.17, 15) is 4.79 Å². The molecular weight excluding hydrogens is 450 g/mol. The second-order valence-corrected chi connectivity index (χ2v) is 8.81. The van der Waals surface area contributed by atoms with Gasteiger partial charge >= 0.3 is 0 Å². The van der Waals surface area contributed by atoms with Gasteiger partial charge in [-0.05, 0) is 67.1 Å². The van der Waals surface area contributed by atoms with Crippen molar-refractivity contribution in [3.8, 4) is 11.5 Å². The minimum atomic E-state index is 0.0270. The highest BCUT2D eigenvalue weighted by atomic mass is 35.5. The van der Waals surface area contributed by atoms with E-state index in [0.717, 1.165) is 47.0 Å². The number of aromatic nitrogens is 2. The molecule has 6 nitrogen and oxygen atoms in total. The normalized spacial score (nSPS) is 15.8. The number of ether oxygens (including phenoxy) is 2. The number of nitrogens with zero attached hydrogens (tertiary/aromatic N) is 3. The van der Waals surface area contributed by atoms with Crippen LogP contribution in [0.4, 0.5) is 5.69 Å². The lowest BCUT2D eigenvalue weighted by Crippen LogP contribution is -2.24. The van der Waals surface area contributed by atoms with Gasteiger partial charge in [-0.2, -0.15) is 0 Å². The molecule has 1 saturated heterocycles. The molecule has 0 bridgehead atoms. The van der Waals surface area contributed by atoms with Crippen LogP contribution >= 0.6 is 11.6 Å². The summed E-state index contributed by atoms with van der Waals surface area (Å²) in [5.41, 5.74) is 2.91. The van der Waals surface area contributed by atoms with Gasteiger partial charge in [0.05, 0.1) is 24.8 Å². The molecule has 0 saturated carbocycles. The monoisotopic (exact) mass is 475 g/mol. The van der Waals surface area contributed by atoms with Gasteiger partial charge in [0.15, 0.2) is 0 Å². The van der Waals surface area contributed by atoms with Crippen molar-refractivity contribution in [2.45, 2.75) is 25.3 Å². The Bertz CT molecular complexity index is 1280. The molecular formula is C27H26ClN3O3. The largest absolute Gasteiger partial charge is 0.497 e. The van der Waals surface area contributed by atoms with Gasteiger partial charge in [0, 0.05) is 36.1 Å². The molecule has 7 heteroatoms. The Hall–Kier alpha value is -3.51. The predicted molar refractivity (Wildman–Crippen MR) is 134 cm³/mol. The Morgan fingerprint density at radius 2 is 1.74 bits per heavy atom. The van der Waals surface area contributed by atoms with Crippen LogP contribution in [0.2, 0.25) is 5.02 Å². The number of benzene rings is 3. The van der Waals surface area contributed by atoms with Crippen LogP contribution in [0.15, 0.2) is 72.8 Å². The van der Waals surface area contributed by atoms with Crippen LogP contribution < -0.4 is 14.4 Å². The second-order valence-electron chi connectivity index (χ2n) is 8.37. The molecule has 0 aliphatic carbocycles. The Labute approximate surface area is 203 Å². The van der Waals surface area contributed by atoms with Gasteiger partial charge in [-0.1, -0.05) is 23.7 Å². The first-order valence-electron chi connectivity index (χ1n) is 11.4. The van der Waals surface area contributed by atoms with E-state index in [0.29, 0.717) is 24.6 Å². The molecule has 34 heavy (non-hydrogen) atoms. The number of carbonyl (C=O) groups excluding carboxylic acids is 1. The van der Waals surface area contributed by atoms with Crippen LogP contribution in [0.3, 0.4) is 0 Å². The van der Waals surface area contributed by atoms with Crippen molar-refractivity contribution in [1.82, 2.24) is 9.55 Å². The number of fused-ring (bicyclic) bond motifs is 1. The van der Waals surface area contributed by atoms with Gasteiger partial charge in [0.25, 0.3) is 0 Å². The molecule has 174 valence electrons. The van der Waals surface area contributed by atoms with Gasteiger partial charge in [0.1, 0.15) is 17.3 Å². The SMILES string of the molecule is COc1ccc(N2C[C@H](c3nc4ccccc4n3CCCOc3ccc(Cl)cc3)CC2=O)cc1. The summed E-state index contributed by atoms with van der Waals surface area (Å²) in [6, 6.07) is 23.1. The molecule has 0 spiro atoms. The molecule has 3 aromatic carbocycles. The minimum Gasteiger partial charge on any atom is -0.497 e. The summed E-state index contributed by atoms with van der Waals surface area (Å²) in [4.78, 5) is 19.7. The van der Waals surface area contributed by atoms with E-state index in [2.05, 4.69) is 10.6 Å². The number of imidazole rings is 1. The smallest absolute Gasteiger partial charge is 0.227 e. The molecule has 0 unspecified atom stereocenters. The second kappa shape index (κ2) is 9.77. The third-order valence-electron chi connectivity index (χ3n) is 6.17. The van der Waals surface area contributed by atoms with Crippen molar-refractivity contribution in [1.29, 1.82) is 0 Å². The van der Waals surface area contributed by atoms with Crippen LogP contribution in [0.5, 0.6) is 11.5 Å². The van der Waals surface area contributed by atoms with Crippen molar-refractivity contribution in [3.05, 3.63) is 83.6 Å². The zero-order valence-corrected chi connectivity index (χ0v) is 19.7. The first-order chi connectivity index (χ1) is 16.6. The van der Waals surface area contributed by atoms with E-state index in [4.69, 9.17) is 26.1 Å². The standard InChI is InChI=1S/C27H26ClN3O3/c1-33-22-13-9-21(10-14-22)31-18-19(17-26(31)32)27-29-24-5-2-3-6-25(24)30(27)15-4-16-34-23-11-7-20(28)8-12-23/h2-3,5-14,19H,4,15-18H2,1H3/t19-/m1/s1. The highest BCUT2D eigenvalue weighted by molar-refractivity contribution is 6.30. The number of aryl methyl sites for hydroxylation is 1. The average Bonchev–Trinajstić information content (AvgIpc) is 3.43. The number of rotatable bonds is 8. The van der Waals surface area contributed by atoms with E-state index in [-0.39, 0.29) is 11.8 Å². The predicted octanol–water partition coefficient (Wildman–Crippen LogP) is 5.69. The van der Waals surface area contributed by atoms with Crippen LogP contribution in [0.25, 0.3) is 11.0 Å². The topological polar surface area (TPSA) is 56.6 Å². The molecule has 2 heterocycles. The number of hydrogen-bond donors (Lipinski definition) is 0. The van der Waals surface area contributed by atoms with Gasteiger partial charge in [0.2, 0.25) is 5.91 Å². The third kappa shape index (κ3) is 4.59. The van der Waals surface area contributed by atoms with E-state index >= 15 is 0 Å². The van der Waals surface area contributed by atoms with Crippen LogP contribution in [0.1, 0.15) is 24.6 Å². The van der Waals surface area contributed by atoms with Gasteiger partial charge in [-0.25, -0.2) is 4.98 Å². The fraction of sp³-hybridized carbons (Fsp3) is 0.259. The lowest BCUT2D eigenvalue weighted by Gasteiger charge is -2.18.